The van der Waals surface area contributed by atoms with Crippen molar-refractivity contribution in [3.05, 3.63) is 57.6 Å². The molecule has 2 aromatic carbocycles. The van der Waals surface area contributed by atoms with Gasteiger partial charge in [-0.1, -0.05) is 54.2 Å². The molecule has 2 aromatic rings. The fourth-order valence-corrected chi connectivity index (χ4v) is 2.80. The zero-order valence-electron chi connectivity index (χ0n) is 12.3. The Morgan fingerprint density at radius 3 is 2.68 bits per heavy atom. The maximum atomic E-state index is 6.20. The quantitative estimate of drug-likeness (QED) is 0.735. The maximum absolute atomic E-state index is 6.20. The zero-order valence-corrected chi connectivity index (χ0v) is 13.8. The number of rotatable bonds is 6. The Labute approximate surface area is 141 Å². The van der Waals surface area contributed by atoms with Crippen LogP contribution >= 0.6 is 23.2 Å². The smallest absolute Gasteiger partial charge is 0.148 e. The summed E-state index contributed by atoms with van der Waals surface area (Å²) in [6.45, 7) is 2.84. The Hall–Kier alpha value is -1.82. The second-order valence-electron chi connectivity index (χ2n) is 4.73. The monoisotopic (exact) mass is 333 g/mol. The first-order chi connectivity index (χ1) is 10.7. The minimum absolute atomic E-state index is 0.167. The van der Waals surface area contributed by atoms with Gasteiger partial charge in [0.1, 0.15) is 12.4 Å². The summed E-state index contributed by atoms with van der Waals surface area (Å²) in [5.41, 5.74) is 3.21. The Kier molecular flexibility index (Phi) is 6.00. The average Bonchev–Trinajstić information content (AvgIpc) is 2.52. The van der Waals surface area contributed by atoms with Gasteiger partial charge in [0.15, 0.2) is 0 Å². The van der Waals surface area contributed by atoms with Crippen molar-refractivity contribution in [1.82, 2.24) is 0 Å². The van der Waals surface area contributed by atoms with Gasteiger partial charge < -0.3 is 10.1 Å². The van der Waals surface area contributed by atoms with Crippen LogP contribution in [0.25, 0.3) is 0 Å². The van der Waals surface area contributed by atoms with Gasteiger partial charge >= 0.3 is 0 Å². The normalized spacial score (nSPS) is 10.1. The third-order valence-electron chi connectivity index (χ3n) is 3.25. The molecular formula is C18H17Cl2NO. The van der Waals surface area contributed by atoms with Crippen LogP contribution in [-0.2, 0) is 13.0 Å². The molecule has 0 atom stereocenters. The van der Waals surface area contributed by atoms with Crippen molar-refractivity contribution in [1.29, 1.82) is 0 Å². The summed E-state index contributed by atoms with van der Waals surface area (Å²) in [7, 11) is 0. The summed E-state index contributed by atoms with van der Waals surface area (Å²) in [6, 6.07) is 11.7. The molecule has 2 nitrogen and oxygen atoms in total. The SMILES string of the molecule is C#CCOc1c(Cl)cc(Cl)cc1CNc1ccccc1CC. The van der Waals surface area contributed by atoms with Gasteiger partial charge in [-0.3, -0.25) is 0 Å². The van der Waals surface area contributed by atoms with Gasteiger partial charge in [-0.05, 0) is 30.2 Å². The second-order valence-corrected chi connectivity index (χ2v) is 5.58. The summed E-state index contributed by atoms with van der Waals surface area (Å²) in [5, 5.41) is 4.43. The molecule has 0 unspecified atom stereocenters. The van der Waals surface area contributed by atoms with Gasteiger partial charge in [-0.25, -0.2) is 0 Å². The third-order valence-corrected chi connectivity index (χ3v) is 3.75. The number of halogens is 2. The zero-order chi connectivity index (χ0) is 15.9. The summed E-state index contributed by atoms with van der Waals surface area (Å²) >= 11 is 12.3. The Balaban J connectivity index is 2.23. The van der Waals surface area contributed by atoms with Crippen molar-refractivity contribution < 1.29 is 4.74 Å². The lowest BCUT2D eigenvalue weighted by Crippen LogP contribution is -2.05. The first-order valence-electron chi connectivity index (χ1n) is 7.01. The highest BCUT2D eigenvalue weighted by Gasteiger charge is 2.11. The van der Waals surface area contributed by atoms with Gasteiger partial charge in [-0.15, -0.1) is 6.42 Å². The lowest BCUT2D eigenvalue weighted by molar-refractivity contribution is 0.367. The standard InChI is InChI=1S/C18H17Cl2NO/c1-3-9-22-18-14(10-15(19)11-16(18)20)12-21-17-8-6-5-7-13(17)4-2/h1,5-8,10-11,21H,4,9,12H2,2H3. The molecule has 114 valence electrons. The number of hydrogen-bond donors (Lipinski definition) is 1. The van der Waals surface area contributed by atoms with Crippen molar-refractivity contribution >= 4 is 28.9 Å². The van der Waals surface area contributed by atoms with Crippen molar-refractivity contribution in [2.75, 3.05) is 11.9 Å². The number of nitrogens with one attached hydrogen (secondary N) is 1. The molecular weight excluding hydrogens is 317 g/mol. The highest BCUT2D eigenvalue weighted by atomic mass is 35.5. The van der Waals surface area contributed by atoms with Crippen molar-refractivity contribution in [3.63, 3.8) is 0 Å². The molecule has 22 heavy (non-hydrogen) atoms. The predicted octanol–water partition coefficient (Wildman–Crippen LogP) is 5.18. The van der Waals surface area contributed by atoms with Crippen LogP contribution < -0.4 is 10.1 Å². The van der Waals surface area contributed by atoms with Crippen LogP contribution in [-0.4, -0.2) is 6.61 Å². The second kappa shape index (κ2) is 7.98. The lowest BCUT2D eigenvalue weighted by Gasteiger charge is -2.15. The number of hydrogen-bond acceptors (Lipinski definition) is 2. The van der Waals surface area contributed by atoms with Crippen LogP contribution in [0.2, 0.25) is 10.0 Å². The average molecular weight is 334 g/mol. The predicted molar refractivity (Wildman–Crippen MR) is 93.9 cm³/mol. The van der Waals surface area contributed by atoms with E-state index in [0.717, 1.165) is 17.7 Å². The first kappa shape index (κ1) is 16.5. The number of para-hydroxylation sites is 1. The molecule has 0 aliphatic rings. The number of anilines is 1. The van der Waals surface area contributed by atoms with Crippen LogP contribution in [0.5, 0.6) is 5.75 Å². The van der Waals surface area contributed by atoms with Gasteiger partial charge in [0.25, 0.3) is 0 Å². The van der Waals surface area contributed by atoms with Crippen molar-refractivity contribution in [3.8, 4) is 18.1 Å². The highest BCUT2D eigenvalue weighted by Crippen LogP contribution is 2.33. The van der Waals surface area contributed by atoms with E-state index in [1.165, 1.54) is 5.56 Å². The fourth-order valence-electron chi connectivity index (χ4n) is 2.21. The van der Waals surface area contributed by atoms with E-state index in [1.807, 2.05) is 24.3 Å². The van der Waals surface area contributed by atoms with E-state index in [9.17, 15) is 0 Å². The molecule has 1 N–H and O–H groups in total. The van der Waals surface area contributed by atoms with Crippen LogP contribution in [0.1, 0.15) is 18.1 Å². The molecule has 0 saturated heterocycles. The molecule has 0 fully saturated rings. The van der Waals surface area contributed by atoms with Gasteiger partial charge in [-0.2, -0.15) is 0 Å². The number of aryl methyl sites for hydroxylation is 1. The third kappa shape index (κ3) is 4.10. The van der Waals surface area contributed by atoms with Crippen molar-refractivity contribution in [2.24, 2.45) is 0 Å². The van der Waals surface area contributed by atoms with Crippen LogP contribution in [0.4, 0.5) is 5.69 Å². The molecule has 0 saturated carbocycles. The summed E-state index contributed by atoms with van der Waals surface area (Å²) in [4.78, 5) is 0. The first-order valence-corrected chi connectivity index (χ1v) is 7.77. The Bertz CT molecular complexity index is 692. The Morgan fingerprint density at radius 1 is 1.18 bits per heavy atom. The Morgan fingerprint density at radius 2 is 1.95 bits per heavy atom. The molecule has 2 rings (SSSR count). The van der Waals surface area contributed by atoms with Crippen LogP contribution in [0.3, 0.4) is 0 Å². The summed E-state index contributed by atoms with van der Waals surface area (Å²) in [6.07, 6.45) is 6.21. The molecule has 0 heterocycles. The lowest BCUT2D eigenvalue weighted by atomic mass is 10.1. The van der Waals surface area contributed by atoms with Crippen LogP contribution in [0.15, 0.2) is 36.4 Å². The highest BCUT2D eigenvalue weighted by molar-refractivity contribution is 6.35. The molecule has 0 aliphatic heterocycles. The van der Waals surface area contributed by atoms with Crippen LogP contribution in [0, 0.1) is 12.3 Å². The fraction of sp³-hybridized carbons (Fsp3) is 0.222. The van der Waals surface area contributed by atoms with E-state index in [-0.39, 0.29) is 6.61 Å². The number of benzene rings is 2. The summed E-state index contributed by atoms with van der Waals surface area (Å²) in [5.74, 6) is 3.02. The number of ether oxygens (including phenoxy) is 1. The maximum Gasteiger partial charge on any atom is 0.148 e. The van der Waals surface area contributed by atoms with E-state index in [4.69, 9.17) is 34.4 Å². The van der Waals surface area contributed by atoms with E-state index >= 15 is 0 Å². The molecule has 0 amide bonds. The topological polar surface area (TPSA) is 21.3 Å². The largest absolute Gasteiger partial charge is 0.479 e. The van der Waals surface area contributed by atoms with E-state index in [1.54, 1.807) is 6.07 Å². The number of terminal acetylenes is 1. The minimum atomic E-state index is 0.167. The van der Waals surface area contributed by atoms with Gasteiger partial charge in [0.2, 0.25) is 0 Å². The van der Waals surface area contributed by atoms with Gasteiger partial charge in [0.05, 0.1) is 5.02 Å². The summed E-state index contributed by atoms with van der Waals surface area (Å²) < 4.78 is 5.55. The molecule has 0 aromatic heterocycles. The molecule has 0 aliphatic carbocycles. The van der Waals surface area contributed by atoms with E-state index in [0.29, 0.717) is 22.3 Å². The van der Waals surface area contributed by atoms with Crippen molar-refractivity contribution in [2.45, 2.75) is 19.9 Å². The van der Waals surface area contributed by atoms with E-state index < -0.39 is 0 Å². The minimum Gasteiger partial charge on any atom is -0.479 e. The van der Waals surface area contributed by atoms with E-state index in [2.05, 4.69) is 24.2 Å². The molecule has 0 radical (unpaired) electrons. The molecule has 0 spiro atoms. The molecule has 0 bridgehead atoms. The van der Waals surface area contributed by atoms with Gasteiger partial charge in [0, 0.05) is 22.8 Å². The molecule has 4 heteroatoms.